The fourth-order valence-electron chi connectivity index (χ4n) is 1.79. The van der Waals surface area contributed by atoms with E-state index in [9.17, 15) is 9.59 Å². The molecule has 0 bridgehead atoms. The van der Waals surface area contributed by atoms with E-state index in [1.165, 1.54) is 0 Å². The third-order valence-electron chi connectivity index (χ3n) is 2.89. The molecule has 18 heavy (non-hydrogen) atoms. The van der Waals surface area contributed by atoms with Crippen molar-refractivity contribution in [2.75, 3.05) is 11.2 Å². The number of carbonyl (C=O) groups excluding carboxylic acids is 2. The van der Waals surface area contributed by atoms with E-state index >= 15 is 0 Å². The van der Waals surface area contributed by atoms with Gasteiger partial charge in [-0.15, -0.1) is 0 Å². The highest BCUT2D eigenvalue weighted by molar-refractivity contribution is 7.99. The van der Waals surface area contributed by atoms with Gasteiger partial charge >= 0.3 is 6.03 Å². The van der Waals surface area contributed by atoms with Gasteiger partial charge in [-0.25, -0.2) is 9.69 Å². The quantitative estimate of drug-likeness (QED) is 0.868. The van der Waals surface area contributed by atoms with Crippen LogP contribution in [0.1, 0.15) is 6.92 Å². The lowest BCUT2D eigenvalue weighted by Gasteiger charge is -2.15. The Bertz CT molecular complexity index is 477. The van der Waals surface area contributed by atoms with Crippen LogP contribution in [-0.2, 0) is 4.79 Å². The normalized spacial score (nSPS) is 21.1. The van der Waals surface area contributed by atoms with Gasteiger partial charge in [-0.05, 0) is 30.5 Å². The number of thioether (sulfide) groups is 1. The zero-order valence-electron chi connectivity index (χ0n) is 10.0. The fourth-order valence-corrected chi connectivity index (χ4v) is 2.37. The van der Waals surface area contributed by atoms with Crippen LogP contribution >= 0.6 is 23.4 Å². The van der Waals surface area contributed by atoms with E-state index in [1.807, 2.05) is 13.2 Å². The van der Waals surface area contributed by atoms with Crippen LogP contribution in [0.2, 0.25) is 5.02 Å². The Morgan fingerprint density at radius 1 is 1.33 bits per heavy atom. The van der Waals surface area contributed by atoms with Crippen molar-refractivity contribution in [3.05, 3.63) is 29.3 Å². The molecule has 0 saturated carbocycles. The number of nitrogens with zero attached hydrogens (tertiary/aromatic N) is 1. The van der Waals surface area contributed by atoms with E-state index in [-0.39, 0.29) is 17.2 Å². The van der Waals surface area contributed by atoms with Crippen LogP contribution in [0.25, 0.3) is 0 Å². The van der Waals surface area contributed by atoms with Crippen molar-refractivity contribution in [1.29, 1.82) is 0 Å². The lowest BCUT2D eigenvalue weighted by molar-refractivity contribution is -0.118. The predicted octanol–water partition coefficient (Wildman–Crippen LogP) is 2.52. The third-order valence-corrected chi connectivity index (χ3v) is 4.16. The maximum atomic E-state index is 12.2. The molecule has 1 aliphatic heterocycles. The van der Waals surface area contributed by atoms with Crippen LogP contribution in [0.3, 0.4) is 0 Å². The van der Waals surface area contributed by atoms with Crippen molar-refractivity contribution in [2.45, 2.75) is 18.2 Å². The first-order chi connectivity index (χ1) is 8.54. The van der Waals surface area contributed by atoms with E-state index in [2.05, 4.69) is 5.32 Å². The Labute approximate surface area is 115 Å². The number of amides is 3. The summed E-state index contributed by atoms with van der Waals surface area (Å²) < 4.78 is 0. The molecule has 2 rings (SSSR count). The lowest BCUT2D eigenvalue weighted by Crippen LogP contribution is -2.37. The van der Waals surface area contributed by atoms with Crippen LogP contribution in [0.5, 0.6) is 0 Å². The molecule has 0 aromatic heterocycles. The monoisotopic (exact) mass is 284 g/mol. The van der Waals surface area contributed by atoms with Crippen molar-refractivity contribution < 1.29 is 9.59 Å². The summed E-state index contributed by atoms with van der Waals surface area (Å²) in [7, 11) is 0. The first-order valence-electron chi connectivity index (χ1n) is 5.47. The zero-order valence-corrected chi connectivity index (χ0v) is 11.6. The maximum absolute atomic E-state index is 12.2. The molecular formula is C12H13ClN2O2S. The molecule has 1 aliphatic rings. The number of rotatable bonds is 3. The molecule has 2 unspecified atom stereocenters. The highest BCUT2D eigenvalue weighted by Gasteiger charge is 2.41. The molecule has 0 aliphatic carbocycles. The number of hydrogen-bond acceptors (Lipinski definition) is 3. The van der Waals surface area contributed by atoms with Gasteiger partial charge in [0.25, 0.3) is 5.91 Å². The molecule has 1 aromatic rings. The molecule has 1 fully saturated rings. The molecule has 2 atom stereocenters. The van der Waals surface area contributed by atoms with Gasteiger partial charge < -0.3 is 5.32 Å². The molecule has 0 spiro atoms. The number of urea groups is 1. The van der Waals surface area contributed by atoms with Crippen molar-refractivity contribution in [3.8, 4) is 0 Å². The average molecular weight is 285 g/mol. The minimum atomic E-state index is -0.469. The van der Waals surface area contributed by atoms with Gasteiger partial charge in [0, 0.05) is 10.3 Å². The Kier molecular flexibility index (Phi) is 3.82. The summed E-state index contributed by atoms with van der Waals surface area (Å²) in [5, 5.41) is 3.31. The van der Waals surface area contributed by atoms with Crippen molar-refractivity contribution >= 4 is 41.0 Å². The number of anilines is 1. The number of nitrogens with one attached hydrogen (secondary N) is 1. The maximum Gasteiger partial charge on any atom is 0.329 e. The van der Waals surface area contributed by atoms with Crippen LogP contribution < -0.4 is 10.2 Å². The van der Waals surface area contributed by atoms with Crippen LogP contribution in [0.15, 0.2) is 24.3 Å². The summed E-state index contributed by atoms with van der Waals surface area (Å²) in [6.45, 7) is 1.92. The van der Waals surface area contributed by atoms with E-state index in [1.54, 1.807) is 36.0 Å². The predicted molar refractivity (Wildman–Crippen MR) is 74.2 cm³/mol. The van der Waals surface area contributed by atoms with E-state index in [0.29, 0.717) is 10.7 Å². The van der Waals surface area contributed by atoms with E-state index < -0.39 is 6.04 Å². The van der Waals surface area contributed by atoms with Gasteiger partial charge in [-0.1, -0.05) is 18.5 Å². The van der Waals surface area contributed by atoms with Gasteiger partial charge in [-0.2, -0.15) is 11.8 Å². The summed E-state index contributed by atoms with van der Waals surface area (Å²) in [4.78, 5) is 25.2. The number of imide groups is 1. The first-order valence-corrected chi connectivity index (χ1v) is 7.14. The molecule has 0 radical (unpaired) electrons. The second-order valence-corrected chi connectivity index (χ2v) is 5.67. The number of carbonyl (C=O) groups is 2. The summed E-state index contributed by atoms with van der Waals surface area (Å²) >= 11 is 7.33. The van der Waals surface area contributed by atoms with Crippen molar-refractivity contribution in [2.24, 2.45) is 0 Å². The molecule has 4 nitrogen and oxygen atoms in total. The minimum absolute atomic E-state index is 0.0405. The Morgan fingerprint density at radius 2 is 1.94 bits per heavy atom. The molecule has 96 valence electrons. The minimum Gasteiger partial charge on any atom is -0.324 e. The highest BCUT2D eigenvalue weighted by Crippen LogP contribution is 2.24. The summed E-state index contributed by atoms with van der Waals surface area (Å²) in [6.07, 6.45) is 1.91. The van der Waals surface area contributed by atoms with Crippen LogP contribution in [0, 0.1) is 0 Å². The van der Waals surface area contributed by atoms with E-state index in [0.717, 1.165) is 4.90 Å². The summed E-state index contributed by atoms with van der Waals surface area (Å²) in [6, 6.07) is 5.78. The number of benzene rings is 1. The fraction of sp³-hybridized carbons (Fsp3) is 0.333. The molecular weight excluding hydrogens is 272 g/mol. The Hall–Kier alpha value is -1.20. The molecule has 1 heterocycles. The second-order valence-electron chi connectivity index (χ2n) is 4.02. The van der Waals surface area contributed by atoms with Crippen molar-refractivity contribution in [1.82, 2.24) is 5.32 Å². The second kappa shape index (κ2) is 5.20. The van der Waals surface area contributed by atoms with Crippen LogP contribution in [0.4, 0.5) is 10.5 Å². The molecule has 1 N–H and O–H groups in total. The standard InChI is InChI=1S/C12H13ClN2O2S/c1-7(18-2)10-11(16)15(12(17)14-10)9-5-3-8(13)4-6-9/h3-7,10H,1-2H3,(H,14,17). The zero-order chi connectivity index (χ0) is 13.3. The molecule has 6 heteroatoms. The van der Waals surface area contributed by atoms with Gasteiger partial charge in [0.1, 0.15) is 6.04 Å². The summed E-state index contributed by atoms with van der Waals surface area (Å²) in [5.41, 5.74) is 0.540. The van der Waals surface area contributed by atoms with Gasteiger partial charge in [0.05, 0.1) is 5.69 Å². The largest absolute Gasteiger partial charge is 0.329 e. The summed E-state index contributed by atoms with van der Waals surface area (Å²) in [5.74, 6) is -0.218. The Morgan fingerprint density at radius 3 is 2.50 bits per heavy atom. The first kappa shape index (κ1) is 13.2. The SMILES string of the molecule is CSC(C)C1NC(=O)N(c2ccc(Cl)cc2)C1=O. The van der Waals surface area contributed by atoms with E-state index in [4.69, 9.17) is 11.6 Å². The van der Waals surface area contributed by atoms with Gasteiger partial charge in [-0.3, -0.25) is 4.79 Å². The molecule has 3 amide bonds. The highest BCUT2D eigenvalue weighted by atomic mass is 35.5. The number of halogens is 1. The third kappa shape index (κ3) is 2.33. The van der Waals surface area contributed by atoms with Gasteiger partial charge in [0.15, 0.2) is 0 Å². The van der Waals surface area contributed by atoms with Crippen LogP contribution in [-0.4, -0.2) is 29.5 Å². The van der Waals surface area contributed by atoms with Gasteiger partial charge in [0.2, 0.25) is 0 Å². The Balaban J connectivity index is 2.27. The molecule has 1 aromatic carbocycles. The lowest BCUT2D eigenvalue weighted by atomic mass is 10.2. The number of hydrogen-bond donors (Lipinski definition) is 1. The topological polar surface area (TPSA) is 49.4 Å². The molecule has 1 saturated heterocycles. The van der Waals surface area contributed by atoms with Crippen molar-refractivity contribution in [3.63, 3.8) is 0 Å². The average Bonchev–Trinajstić information content (AvgIpc) is 2.65. The smallest absolute Gasteiger partial charge is 0.324 e.